The Labute approximate surface area is 118 Å². The zero-order chi connectivity index (χ0) is 13.7. The number of nitrogens with one attached hydrogen (secondary N) is 1. The van der Waals surface area contributed by atoms with Crippen LogP contribution in [0.25, 0.3) is 0 Å². The normalized spacial score (nSPS) is 10.9. The molecule has 0 aliphatic rings. The quantitative estimate of drug-likeness (QED) is 0.881. The Morgan fingerprint density at radius 1 is 1.32 bits per heavy atom. The van der Waals surface area contributed by atoms with E-state index in [2.05, 4.69) is 46.3 Å². The van der Waals surface area contributed by atoms with Gasteiger partial charge in [0.25, 0.3) is 0 Å². The van der Waals surface area contributed by atoms with Gasteiger partial charge >= 0.3 is 0 Å². The monoisotopic (exact) mass is 276 g/mol. The molecular weight excluding hydrogens is 256 g/mol. The molecule has 1 N–H and O–H groups in total. The van der Waals surface area contributed by atoms with Crippen LogP contribution in [0.1, 0.15) is 23.2 Å². The van der Waals surface area contributed by atoms with E-state index >= 15 is 0 Å². The molecule has 102 valence electrons. The van der Waals surface area contributed by atoms with Crippen molar-refractivity contribution in [2.75, 3.05) is 18.9 Å². The third-order valence-corrected chi connectivity index (χ3v) is 3.63. The van der Waals surface area contributed by atoms with Crippen LogP contribution >= 0.6 is 11.3 Å². The van der Waals surface area contributed by atoms with Crippen molar-refractivity contribution < 1.29 is 0 Å². The molecule has 0 unspecified atom stereocenters. The summed E-state index contributed by atoms with van der Waals surface area (Å²) >= 11 is 1.72. The summed E-state index contributed by atoms with van der Waals surface area (Å²) in [6, 6.07) is 6.15. The Hall–Kier alpha value is -1.46. The Morgan fingerprint density at radius 2 is 2.16 bits per heavy atom. The second kappa shape index (κ2) is 6.63. The lowest BCUT2D eigenvalue weighted by Gasteiger charge is -2.14. The number of pyridine rings is 1. The molecule has 0 aliphatic heterocycles. The van der Waals surface area contributed by atoms with E-state index in [1.807, 2.05) is 19.2 Å². The molecule has 0 bridgehead atoms. The summed E-state index contributed by atoms with van der Waals surface area (Å²) in [5, 5.41) is 4.23. The standard InChI is InChI=1S/C14H20N4S/c1-4-15-14-16-8-13(19-14)10-18(3)9-12-7-5-6-11(2)17-12/h5-8H,4,9-10H2,1-3H3,(H,15,16). The molecule has 2 aromatic rings. The predicted octanol–water partition coefficient (Wildman–Crippen LogP) is 2.91. The van der Waals surface area contributed by atoms with E-state index in [0.717, 1.165) is 36.2 Å². The maximum atomic E-state index is 4.52. The van der Waals surface area contributed by atoms with E-state index in [1.54, 1.807) is 11.3 Å². The summed E-state index contributed by atoms with van der Waals surface area (Å²) in [7, 11) is 2.11. The molecule has 2 rings (SSSR count). The molecule has 2 heterocycles. The predicted molar refractivity (Wildman–Crippen MR) is 80.4 cm³/mol. The van der Waals surface area contributed by atoms with Crippen molar-refractivity contribution in [3.8, 4) is 0 Å². The molecular formula is C14H20N4S. The van der Waals surface area contributed by atoms with Crippen LogP contribution in [0.4, 0.5) is 5.13 Å². The number of aromatic nitrogens is 2. The van der Waals surface area contributed by atoms with Crippen LogP contribution in [0, 0.1) is 6.92 Å². The Kier molecular flexibility index (Phi) is 4.87. The first-order valence-electron chi connectivity index (χ1n) is 6.47. The van der Waals surface area contributed by atoms with Crippen molar-refractivity contribution in [2.45, 2.75) is 26.9 Å². The van der Waals surface area contributed by atoms with Crippen molar-refractivity contribution in [3.63, 3.8) is 0 Å². The number of hydrogen-bond donors (Lipinski definition) is 1. The van der Waals surface area contributed by atoms with Crippen LogP contribution in [0.15, 0.2) is 24.4 Å². The minimum atomic E-state index is 0.857. The molecule has 4 nitrogen and oxygen atoms in total. The number of aryl methyl sites for hydroxylation is 1. The highest BCUT2D eigenvalue weighted by atomic mass is 32.1. The first kappa shape index (κ1) is 14.0. The number of rotatable bonds is 6. The first-order chi connectivity index (χ1) is 9.17. The first-order valence-corrected chi connectivity index (χ1v) is 7.28. The van der Waals surface area contributed by atoms with Gasteiger partial charge in [0.05, 0.1) is 5.69 Å². The Bertz CT molecular complexity index is 524. The third-order valence-electron chi connectivity index (χ3n) is 2.69. The average Bonchev–Trinajstić information content (AvgIpc) is 2.77. The maximum absolute atomic E-state index is 4.52. The lowest BCUT2D eigenvalue weighted by Crippen LogP contribution is -2.17. The second-order valence-corrected chi connectivity index (χ2v) is 5.72. The Balaban J connectivity index is 1.91. The lowest BCUT2D eigenvalue weighted by atomic mass is 10.3. The van der Waals surface area contributed by atoms with Crippen molar-refractivity contribution in [3.05, 3.63) is 40.7 Å². The minimum Gasteiger partial charge on any atom is -0.362 e. The highest BCUT2D eigenvalue weighted by Gasteiger charge is 2.06. The smallest absolute Gasteiger partial charge is 0.182 e. The van der Waals surface area contributed by atoms with E-state index < -0.39 is 0 Å². The number of nitrogens with zero attached hydrogens (tertiary/aromatic N) is 3. The van der Waals surface area contributed by atoms with Gasteiger partial charge in [-0.1, -0.05) is 6.07 Å². The molecule has 0 aromatic carbocycles. The van der Waals surface area contributed by atoms with Gasteiger partial charge in [-0.25, -0.2) is 4.98 Å². The van der Waals surface area contributed by atoms with E-state index in [-0.39, 0.29) is 0 Å². The van der Waals surface area contributed by atoms with Crippen LogP contribution in [-0.2, 0) is 13.1 Å². The molecule has 0 saturated heterocycles. The van der Waals surface area contributed by atoms with Crippen molar-refractivity contribution in [2.24, 2.45) is 0 Å². The second-order valence-electron chi connectivity index (χ2n) is 4.60. The summed E-state index contributed by atoms with van der Waals surface area (Å²) in [4.78, 5) is 12.4. The van der Waals surface area contributed by atoms with Crippen molar-refractivity contribution in [1.82, 2.24) is 14.9 Å². The third kappa shape index (κ3) is 4.29. The fraction of sp³-hybridized carbons (Fsp3) is 0.429. The zero-order valence-corrected chi connectivity index (χ0v) is 12.5. The highest BCUT2D eigenvalue weighted by molar-refractivity contribution is 7.15. The summed E-state index contributed by atoms with van der Waals surface area (Å²) in [6.45, 7) is 6.77. The fourth-order valence-electron chi connectivity index (χ4n) is 1.90. The molecule has 0 fully saturated rings. The van der Waals surface area contributed by atoms with Gasteiger partial charge in [0.15, 0.2) is 5.13 Å². The van der Waals surface area contributed by atoms with Gasteiger partial charge in [0, 0.05) is 36.4 Å². The molecule has 0 spiro atoms. The Morgan fingerprint density at radius 3 is 2.89 bits per heavy atom. The molecule has 2 aromatic heterocycles. The van der Waals surface area contributed by atoms with Gasteiger partial charge in [-0.15, -0.1) is 11.3 Å². The SMILES string of the molecule is CCNc1ncc(CN(C)Cc2cccc(C)n2)s1. The van der Waals surface area contributed by atoms with Gasteiger partial charge in [0.2, 0.25) is 0 Å². The van der Waals surface area contributed by atoms with Gasteiger partial charge in [-0.05, 0) is 33.0 Å². The molecule has 0 radical (unpaired) electrons. The van der Waals surface area contributed by atoms with Crippen LogP contribution in [0.3, 0.4) is 0 Å². The zero-order valence-electron chi connectivity index (χ0n) is 11.7. The highest BCUT2D eigenvalue weighted by Crippen LogP contribution is 2.19. The van der Waals surface area contributed by atoms with Gasteiger partial charge in [-0.2, -0.15) is 0 Å². The van der Waals surface area contributed by atoms with Gasteiger partial charge < -0.3 is 5.32 Å². The van der Waals surface area contributed by atoms with E-state index in [0.29, 0.717) is 0 Å². The molecule has 0 saturated carbocycles. The van der Waals surface area contributed by atoms with Crippen LogP contribution in [0.5, 0.6) is 0 Å². The van der Waals surface area contributed by atoms with Gasteiger partial charge in [0.1, 0.15) is 0 Å². The van der Waals surface area contributed by atoms with Crippen LogP contribution < -0.4 is 5.32 Å². The topological polar surface area (TPSA) is 41.1 Å². The number of anilines is 1. The average molecular weight is 276 g/mol. The van der Waals surface area contributed by atoms with E-state index in [1.165, 1.54) is 4.88 Å². The lowest BCUT2D eigenvalue weighted by molar-refractivity contribution is 0.317. The largest absolute Gasteiger partial charge is 0.362 e. The van der Waals surface area contributed by atoms with Crippen LogP contribution in [-0.4, -0.2) is 28.5 Å². The minimum absolute atomic E-state index is 0.857. The van der Waals surface area contributed by atoms with E-state index in [9.17, 15) is 0 Å². The molecule has 0 aliphatic carbocycles. The summed E-state index contributed by atoms with van der Waals surface area (Å²) in [5.74, 6) is 0. The molecule has 5 heteroatoms. The summed E-state index contributed by atoms with van der Waals surface area (Å²) in [6.07, 6.45) is 1.95. The maximum Gasteiger partial charge on any atom is 0.182 e. The van der Waals surface area contributed by atoms with Crippen molar-refractivity contribution in [1.29, 1.82) is 0 Å². The van der Waals surface area contributed by atoms with Crippen molar-refractivity contribution >= 4 is 16.5 Å². The molecule has 0 amide bonds. The summed E-state index contributed by atoms with van der Waals surface area (Å²) in [5.41, 5.74) is 2.18. The van der Waals surface area contributed by atoms with E-state index in [4.69, 9.17) is 0 Å². The number of hydrogen-bond acceptors (Lipinski definition) is 5. The molecule has 19 heavy (non-hydrogen) atoms. The van der Waals surface area contributed by atoms with Gasteiger partial charge in [-0.3, -0.25) is 9.88 Å². The number of thiazole rings is 1. The van der Waals surface area contributed by atoms with Crippen LogP contribution in [0.2, 0.25) is 0 Å². The summed E-state index contributed by atoms with van der Waals surface area (Å²) < 4.78 is 0. The molecule has 0 atom stereocenters. The fourth-order valence-corrected chi connectivity index (χ4v) is 2.86.